The Morgan fingerprint density at radius 1 is 1.40 bits per heavy atom. The lowest BCUT2D eigenvalue weighted by atomic mass is 9.92. The molecule has 1 aliphatic rings. The highest BCUT2D eigenvalue weighted by atomic mass is 16.5. The number of aliphatic carboxylic acids is 1. The van der Waals surface area contributed by atoms with Crippen LogP contribution < -0.4 is 10.1 Å². The molecule has 20 heavy (non-hydrogen) atoms. The van der Waals surface area contributed by atoms with Gasteiger partial charge in [-0.15, -0.1) is 0 Å². The lowest BCUT2D eigenvalue weighted by Gasteiger charge is -2.25. The van der Waals surface area contributed by atoms with Gasteiger partial charge in [0.05, 0.1) is 12.5 Å². The number of carbonyl (C=O) groups excluding carboxylic acids is 1. The number of para-hydroxylation sites is 1. The van der Waals surface area contributed by atoms with Crippen molar-refractivity contribution >= 4 is 11.9 Å². The Balaban J connectivity index is 1.92. The second-order valence-electron chi connectivity index (χ2n) is 4.66. The molecule has 2 unspecified atom stereocenters. The maximum Gasteiger partial charge on any atom is 0.332 e. The maximum absolute atomic E-state index is 12.1. The van der Waals surface area contributed by atoms with E-state index in [2.05, 4.69) is 5.32 Å². The molecule has 1 aromatic rings. The number of hydrogen-bond donors (Lipinski definition) is 3. The fourth-order valence-corrected chi connectivity index (χ4v) is 2.19. The van der Waals surface area contributed by atoms with Gasteiger partial charge < -0.3 is 20.3 Å². The van der Waals surface area contributed by atoms with Crippen LogP contribution in [0.5, 0.6) is 5.75 Å². The topological polar surface area (TPSA) is 95.9 Å². The smallest absolute Gasteiger partial charge is 0.332 e. The van der Waals surface area contributed by atoms with Gasteiger partial charge in [0.2, 0.25) is 5.91 Å². The number of carbonyl (C=O) groups is 2. The minimum absolute atomic E-state index is 0.00800. The molecular formula is C14H17NO5. The van der Waals surface area contributed by atoms with Gasteiger partial charge in [0.25, 0.3) is 0 Å². The molecule has 1 amide bonds. The number of nitrogens with one attached hydrogen (secondary N) is 1. The van der Waals surface area contributed by atoms with Crippen molar-refractivity contribution in [1.82, 2.24) is 5.32 Å². The van der Waals surface area contributed by atoms with Crippen LogP contribution >= 0.6 is 0 Å². The van der Waals surface area contributed by atoms with Gasteiger partial charge in [-0.3, -0.25) is 4.79 Å². The number of aliphatic hydroxyl groups excluding tert-OH is 1. The molecule has 2 atom stereocenters. The van der Waals surface area contributed by atoms with Gasteiger partial charge in [0.15, 0.2) is 6.10 Å². The number of carboxylic acid groups (broad SMARTS) is 1. The van der Waals surface area contributed by atoms with Crippen LogP contribution in [0.4, 0.5) is 0 Å². The van der Waals surface area contributed by atoms with Crippen molar-refractivity contribution in [3.63, 3.8) is 0 Å². The predicted molar refractivity (Wildman–Crippen MR) is 70.6 cm³/mol. The highest BCUT2D eigenvalue weighted by Crippen LogP contribution is 2.33. The van der Waals surface area contributed by atoms with E-state index in [1.54, 1.807) is 0 Å². The van der Waals surface area contributed by atoms with Crippen molar-refractivity contribution in [2.24, 2.45) is 0 Å². The van der Waals surface area contributed by atoms with Crippen LogP contribution in [0, 0.1) is 0 Å². The number of amides is 1. The quantitative estimate of drug-likeness (QED) is 0.729. The van der Waals surface area contributed by atoms with Crippen molar-refractivity contribution in [2.45, 2.75) is 24.9 Å². The van der Waals surface area contributed by atoms with Crippen molar-refractivity contribution < 1.29 is 24.5 Å². The molecule has 3 N–H and O–H groups in total. The van der Waals surface area contributed by atoms with Crippen LogP contribution in [0.2, 0.25) is 0 Å². The molecule has 2 rings (SSSR count). The van der Waals surface area contributed by atoms with Crippen LogP contribution in [0.15, 0.2) is 24.3 Å². The van der Waals surface area contributed by atoms with Gasteiger partial charge >= 0.3 is 5.97 Å². The first kappa shape index (κ1) is 14.3. The monoisotopic (exact) mass is 279 g/mol. The first-order valence-electron chi connectivity index (χ1n) is 6.50. The summed E-state index contributed by atoms with van der Waals surface area (Å²) < 4.78 is 5.48. The Hall–Kier alpha value is -2.08. The summed E-state index contributed by atoms with van der Waals surface area (Å²) in [6.45, 7) is 0.610. The second-order valence-corrected chi connectivity index (χ2v) is 4.66. The molecule has 0 fully saturated rings. The van der Waals surface area contributed by atoms with Crippen LogP contribution in [0.25, 0.3) is 0 Å². The minimum atomic E-state index is -1.45. The number of hydrogen-bond acceptors (Lipinski definition) is 4. The normalized spacial score (nSPS) is 18.6. The third-order valence-corrected chi connectivity index (χ3v) is 3.28. The largest absolute Gasteiger partial charge is 0.493 e. The van der Waals surface area contributed by atoms with Gasteiger partial charge in [0, 0.05) is 18.5 Å². The van der Waals surface area contributed by atoms with Gasteiger partial charge in [-0.05, 0) is 12.5 Å². The van der Waals surface area contributed by atoms with E-state index in [0.717, 1.165) is 5.56 Å². The zero-order valence-corrected chi connectivity index (χ0v) is 10.9. The number of benzene rings is 1. The third-order valence-electron chi connectivity index (χ3n) is 3.28. The van der Waals surface area contributed by atoms with Gasteiger partial charge in [-0.25, -0.2) is 4.79 Å². The lowest BCUT2D eigenvalue weighted by molar-refractivity contribution is -0.147. The Labute approximate surface area is 116 Å². The van der Waals surface area contributed by atoms with Gasteiger partial charge in [-0.1, -0.05) is 18.2 Å². The van der Waals surface area contributed by atoms with E-state index in [-0.39, 0.29) is 24.8 Å². The Morgan fingerprint density at radius 3 is 2.90 bits per heavy atom. The molecule has 6 nitrogen and oxygen atoms in total. The molecule has 0 aliphatic carbocycles. The summed E-state index contributed by atoms with van der Waals surface area (Å²) in [6.07, 6.45) is -0.867. The average molecular weight is 279 g/mol. The fraction of sp³-hybridized carbons (Fsp3) is 0.429. The fourth-order valence-electron chi connectivity index (χ4n) is 2.19. The van der Waals surface area contributed by atoms with E-state index in [1.807, 2.05) is 24.3 Å². The zero-order chi connectivity index (χ0) is 14.5. The van der Waals surface area contributed by atoms with E-state index >= 15 is 0 Å². The third kappa shape index (κ3) is 3.27. The van der Waals surface area contributed by atoms with Crippen molar-refractivity contribution in [3.05, 3.63) is 29.8 Å². The number of ether oxygens (including phenoxy) is 1. The van der Waals surface area contributed by atoms with E-state index in [9.17, 15) is 9.59 Å². The maximum atomic E-state index is 12.1. The molecule has 6 heteroatoms. The van der Waals surface area contributed by atoms with Crippen LogP contribution in [0.1, 0.15) is 24.3 Å². The first-order chi connectivity index (χ1) is 9.59. The SMILES string of the molecule is O=C(O)C(O)CCNC(=O)C1CCOc2ccccc21. The predicted octanol–water partition coefficient (Wildman–Crippen LogP) is 0.504. The van der Waals surface area contributed by atoms with Gasteiger partial charge in [0.1, 0.15) is 5.75 Å². The molecule has 0 saturated heterocycles. The van der Waals surface area contributed by atoms with E-state index in [0.29, 0.717) is 18.8 Å². The second kappa shape index (κ2) is 6.38. The summed E-state index contributed by atoms with van der Waals surface area (Å²) in [6, 6.07) is 7.37. The van der Waals surface area contributed by atoms with E-state index < -0.39 is 12.1 Å². The van der Waals surface area contributed by atoms with Crippen molar-refractivity contribution in [2.75, 3.05) is 13.2 Å². The van der Waals surface area contributed by atoms with Gasteiger partial charge in [-0.2, -0.15) is 0 Å². The minimum Gasteiger partial charge on any atom is -0.493 e. The molecule has 1 aromatic carbocycles. The summed E-state index contributed by atoms with van der Waals surface area (Å²) in [5.41, 5.74) is 0.843. The number of rotatable bonds is 5. The average Bonchev–Trinajstić information content (AvgIpc) is 2.46. The molecule has 0 saturated carbocycles. The number of aliphatic hydroxyl groups is 1. The standard InChI is InChI=1S/C14H17NO5/c16-11(14(18)19)5-7-15-13(17)10-6-8-20-12-4-2-1-3-9(10)12/h1-4,10-11,16H,5-8H2,(H,15,17)(H,18,19). The highest BCUT2D eigenvalue weighted by molar-refractivity contribution is 5.84. The van der Waals surface area contributed by atoms with Crippen LogP contribution in [-0.4, -0.2) is 41.3 Å². The molecule has 108 valence electrons. The molecule has 0 radical (unpaired) electrons. The zero-order valence-electron chi connectivity index (χ0n) is 10.9. The molecule has 1 aliphatic heterocycles. The molecule has 1 heterocycles. The summed E-state index contributed by atoms with van der Waals surface area (Å²) >= 11 is 0. The molecular weight excluding hydrogens is 262 g/mol. The lowest BCUT2D eigenvalue weighted by Crippen LogP contribution is -2.35. The summed E-state index contributed by atoms with van der Waals surface area (Å²) in [5, 5.41) is 20.3. The van der Waals surface area contributed by atoms with Crippen molar-refractivity contribution in [1.29, 1.82) is 0 Å². The molecule has 0 aromatic heterocycles. The molecule has 0 bridgehead atoms. The highest BCUT2D eigenvalue weighted by Gasteiger charge is 2.27. The summed E-state index contributed by atoms with van der Waals surface area (Å²) in [5.74, 6) is -1.03. The first-order valence-corrected chi connectivity index (χ1v) is 6.50. The van der Waals surface area contributed by atoms with E-state index in [4.69, 9.17) is 14.9 Å². The van der Waals surface area contributed by atoms with E-state index in [1.165, 1.54) is 0 Å². The van der Waals surface area contributed by atoms with Crippen LogP contribution in [-0.2, 0) is 9.59 Å². The molecule has 0 spiro atoms. The Morgan fingerprint density at radius 2 is 2.15 bits per heavy atom. The number of fused-ring (bicyclic) bond motifs is 1. The number of carboxylic acids is 1. The summed E-state index contributed by atoms with van der Waals surface area (Å²) in [4.78, 5) is 22.6. The van der Waals surface area contributed by atoms with Crippen molar-refractivity contribution in [3.8, 4) is 5.75 Å². The Kier molecular flexibility index (Phi) is 4.57. The summed E-state index contributed by atoms with van der Waals surface area (Å²) in [7, 11) is 0. The Bertz CT molecular complexity index is 502. The van der Waals surface area contributed by atoms with Crippen LogP contribution in [0.3, 0.4) is 0 Å².